The van der Waals surface area contributed by atoms with E-state index in [1.807, 2.05) is 0 Å². The number of benzene rings is 1. The Morgan fingerprint density at radius 1 is 1.22 bits per heavy atom. The zero-order valence-corrected chi connectivity index (χ0v) is 14.1. The summed E-state index contributed by atoms with van der Waals surface area (Å²) in [6.07, 6.45) is 2.54. The van der Waals surface area contributed by atoms with Gasteiger partial charge in [0.25, 0.3) is 0 Å². The van der Waals surface area contributed by atoms with Gasteiger partial charge in [-0.25, -0.2) is 0 Å². The Labute approximate surface area is 138 Å². The van der Waals surface area contributed by atoms with Crippen LogP contribution >= 0.6 is 0 Å². The second-order valence-corrected chi connectivity index (χ2v) is 7.57. The van der Waals surface area contributed by atoms with Gasteiger partial charge in [0.15, 0.2) is 0 Å². The van der Waals surface area contributed by atoms with E-state index in [1.165, 1.54) is 24.0 Å². The maximum atomic E-state index is 12.5. The molecule has 2 bridgehead atoms. The summed E-state index contributed by atoms with van der Waals surface area (Å²) in [7, 11) is 0. The zero-order chi connectivity index (χ0) is 16.0. The van der Waals surface area contributed by atoms with Crippen molar-refractivity contribution in [2.45, 2.75) is 44.8 Å². The van der Waals surface area contributed by atoms with Gasteiger partial charge in [-0.2, -0.15) is 0 Å². The Kier molecular flexibility index (Phi) is 3.90. The molecule has 0 spiro atoms. The Hall–Kier alpha value is -1.39. The Morgan fingerprint density at radius 2 is 1.83 bits per heavy atom. The smallest absolute Gasteiger partial charge is 0.234 e. The summed E-state index contributed by atoms with van der Waals surface area (Å²) in [5.74, 6) is 1.72. The molecule has 1 aromatic rings. The fourth-order valence-corrected chi connectivity index (χ4v) is 5.03. The Bertz CT molecular complexity index is 567. The number of rotatable bonds is 4. The van der Waals surface area contributed by atoms with Crippen molar-refractivity contribution in [3.8, 4) is 0 Å². The molecule has 1 aromatic carbocycles. The summed E-state index contributed by atoms with van der Waals surface area (Å²) < 4.78 is 0. The Morgan fingerprint density at radius 3 is 2.43 bits per heavy atom. The first-order valence-electron chi connectivity index (χ1n) is 8.96. The van der Waals surface area contributed by atoms with Crippen LogP contribution in [0, 0.1) is 18.8 Å². The highest BCUT2D eigenvalue weighted by molar-refractivity contribution is 5.78. The van der Waals surface area contributed by atoms with Crippen LogP contribution in [0.3, 0.4) is 0 Å². The van der Waals surface area contributed by atoms with Gasteiger partial charge in [0.2, 0.25) is 5.91 Å². The third kappa shape index (κ3) is 2.68. The molecule has 0 unspecified atom stereocenters. The van der Waals surface area contributed by atoms with Gasteiger partial charge < -0.3 is 10.6 Å². The van der Waals surface area contributed by atoms with Crippen molar-refractivity contribution in [3.05, 3.63) is 35.4 Å². The number of nitrogens with zero attached hydrogens (tertiary/aromatic N) is 1. The van der Waals surface area contributed by atoms with Gasteiger partial charge in [-0.3, -0.25) is 9.69 Å². The molecule has 2 N–H and O–H groups in total. The molecule has 0 aromatic heterocycles. The molecule has 3 aliphatic rings. The van der Waals surface area contributed by atoms with Crippen molar-refractivity contribution in [2.75, 3.05) is 19.6 Å². The van der Waals surface area contributed by atoms with Crippen LogP contribution in [0.2, 0.25) is 0 Å². The molecular formula is C19H27N3O. The van der Waals surface area contributed by atoms with Crippen molar-refractivity contribution in [1.29, 1.82) is 0 Å². The third-order valence-electron chi connectivity index (χ3n) is 6.19. The van der Waals surface area contributed by atoms with Gasteiger partial charge in [0.1, 0.15) is 0 Å². The van der Waals surface area contributed by atoms with E-state index in [1.54, 1.807) is 0 Å². The van der Waals surface area contributed by atoms with Gasteiger partial charge >= 0.3 is 0 Å². The lowest BCUT2D eigenvalue weighted by Crippen LogP contribution is -2.42. The standard InChI is InChI=1S/C19H27N3O/c1-12-3-5-14(6-4-12)13(2)21-19(23)11-22-17-7-8-18(22)16-10-20-9-15(16)17/h3-6,13,15-18,20H,7-11H2,1-2H3,(H,21,23)/t13-,15-,16+,17-,18+/m0/s1. The molecule has 0 aliphatic carbocycles. The predicted molar refractivity (Wildman–Crippen MR) is 91.1 cm³/mol. The molecule has 0 radical (unpaired) electrons. The molecule has 3 aliphatic heterocycles. The minimum Gasteiger partial charge on any atom is -0.348 e. The van der Waals surface area contributed by atoms with E-state index in [0.29, 0.717) is 18.6 Å². The van der Waals surface area contributed by atoms with Crippen molar-refractivity contribution in [3.63, 3.8) is 0 Å². The summed E-state index contributed by atoms with van der Waals surface area (Å²) in [6.45, 7) is 7.01. The lowest BCUT2D eigenvalue weighted by molar-refractivity contribution is -0.123. The molecule has 23 heavy (non-hydrogen) atoms. The molecule has 4 rings (SSSR count). The van der Waals surface area contributed by atoms with Crippen LogP contribution in [0.5, 0.6) is 0 Å². The number of nitrogens with one attached hydrogen (secondary N) is 2. The summed E-state index contributed by atoms with van der Waals surface area (Å²) in [5, 5.41) is 6.71. The average Bonchev–Trinajstić information content (AvgIpc) is 3.20. The van der Waals surface area contributed by atoms with E-state index in [2.05, 4.69) is 53.6 Å². The molecule has 1 amide bonds. The van der Waals surface area contributed by atoms with Crippen LogP contribution in [0.1, 0.15) is 36.9 Å². The normalized spacial score (nSPS) is 33.7. The predicted octanol–water partition coefficient (Wildman–Crippen LogP) is 1.85. The highest BCUT2D eigenvalue weighted by Crippen LogP contribution is 2.46. The van der Waals surface area contributed by atoms with E-state index < -0.39 is 0 Å². The second kappa shape index (κ2) is 5.91. The molecular weight excluding hydrogens is 286 g/mol. The van der Waals surface area contributed by atoms with E-state index in [4.69, 9.17) is 0 Å². The van der Waals surface area contributed by atoms with E-state index in [0.717, 1.165) is 24.9 Å². The first kappa shape index (κ1) is 15.2. The lowest BCUT2D eigenvalue weighted by Gasteiger charge is -2.24. The number of carbonyl (C=O) groups is 1. The summed E-state index contributed by atoms with van der Waals surface area (Å²) >= 11 is 0. The van der Waals surface area contributed by atoms with Crippen LogP contribution in [-0.2, 0) is 4.79 Å². The molecule has 3 saturated heterocycles. The fourth-order valence-electron chi connectivity index (χ4n) is 5.03. The van der Waals surface area contributed by atoms with Crippen molar-refractivity contribution in [2.24, 2.45) is 11.8 Å². The summed E-state index contributed by atoms with van der Waals surface area (Å²) in [4.78, 5) is 15.0. The van der Waals surface area contributed by atoms with Crippen LogP contribution < -0.4 is 10.6 Å². The zero-order valence-electron chi connectivity index (χ0n) is 14.1. The van der Waals surface area contributed by atoms with Crippen LogP contribution in [0.15, 0.2) is 24.3 Å². The third-order valence-corrected chi connectivity index (χ3v) is 6.19. The molecule has 124 valence electrons. The number of fused-ring (bicyclic) bond motifs is 5. The van der Waals surface area contributed by atoms with Gasteiger partial charge in [0.05, 0.1) is 12.6 Å². The van der Waals surface area contributed by atoms with Gasteiger partial charge in [-0.1, -0.05) is 29.8 Å². The van der Waals surface area contributed by atoms with Crippen LogP contribution in [0.25, 0.3) is 0 Å². The minimum atomic E-state index is 0.0736. The average molecular weight is 313 g/mol. The molecule has 3 fully saturated rings. The first-order chi connectivity index (χ1) is 11.1. The molecule has 5 atom stereocenters. The maximum Gasteiger partial charge on any atom is 0.234 e. The quantitative estimate of drug-likeness (QED) is 0.892. The number of hydrogen-bond donors (Lipinski definition) is 2. The van der Waals surface area contributed by atoms with Gasteiger partial charge in [-0.05, 0) is 57.2 Å². The van der Waals surface area contributed by atoms with Crippen molar-refractivity contribution < 1.29 is 4.79 Å². The minimum absolute atomic E-state index is 0.0736. The van der Waals surface area contributed by atoms with Crippen molar-refractivity contribution >= 4 is 5.91 Å². The monoisotopic (exact) mass is 313 g/mol. The molecule has 3 heterocycles. The van der Waals surface area contributed by atoms with E-state index in [9.17, 15) is 4.79 Å². The first-order valence-corrected chi connectivity index (χ1v) is 8.96. The number of amides is 1. The largest absolute Gasteiger partial charge is 0.348 e. The Balaban J connectivity index is 1.36. The lowest BCUT2D eigenvalue weighted by atomic mass is 9.82. The number of aryl methyl sites for hydroxylation is 1. The second-order valence-electron chi connectivity index (χ2n) is 7.57. The molecule has 4 nitrogen and oxygen atoms in total. The highest BCUT2D eigenvalue weighted by atomic mass is 16.2. The van der Waals surface area contributed by atoms with Crippen molar-refractivity contribution in [1.82, 2.24) is 15.5 Å². The van der Waals surface area contributed by atoms with E-state index >= 15 is 0 Å². The summed E-state index contributed by atoms with van der Waals surface area (Å²) in [5.41, 5.74) is 2.43. The van der Waals surface area contributed by atoms with Gasteiger partial charge in [-0.15, -0.1) is 0 Å². The van der Waals surface area contributed by atoms with Crippen LogP contribution in [-0.4, -0.2) is 42.5 Å². The summed E-state index contributed by atoms with van der Waals surface area (Å²) in [6, 6.07) is 9.75. The van der Waals surface area contributed by atoms with Gasteiger partial charge in [0, 0.05) is 12.1 Å². The fraction of sp³-hybridized carbons (Fsp3) is 0.632. The molecule has 4 heteroatoms. The maximum absolute atomic E-state index is 12.5. The number of carbonyl (C=O) groups excluding carboxylic acids is 1. The molecule has 0 saturated carbocycles. The van der Waals surface area contributed by atoms with E-state index in [-0.39, 0.29) is 11.9 Å². The number of hydrogen-bond acceptors (Lipinski definition) is 3. The SMILES string of the molecule is Cc1ccc([C@H](C)NC(=O)CN2[C@@H]3CC[C@H]2[C@H]2CNC[C@H]23)cc1. The van der Waals surface area contributed by atoms with Crippen LogP contribution in [0.4, 0.5) is 0 Å². The topological polar surface area (TPSA) is 44.4 Å². The highest BCUT2D eigenvalue weighted by Gasteiger charge is 2.54.